The number of amides is 1. The molecule has 2 heterocycles. The Morgan fingerprint density at radius 2 is 2.38 bits per heavy atom. The highest BCUT2D eigenvalue weighted by Crippen LogP contribution is 2.12. The first kappa shape index (κ1) is 11.1. The van der Waals surface area contributed by atoms with Gasteiger partial charge in [-0.2, -0.15) is 0 Å². The number of hydrogen-bond acceptors (Lipinski definition) is 5. The number of carbonyl (C=O) groups is 1. The van der Waals surface area contributed by atoms with Crippen LogP contribution in [0.4, 0.5) is 0 Å². The molecule has 0 saturated carbocycles. The van der Waals surface area contributed by atoms with E-state index in [1.807, 2.05) is 0 Å². The molecule has 2 rings (SSSR count). The summed E-state index contributed by atoms with van der Waals surface area (Å²) in [4.78, 5) is 11.6. The van der Waals surface area contributed by atoms with E-state index in [1.54, 1.807) is 6.92 Å². The van der Waals surface area contributed by atoms with Crippen molar-refractivity contribution < 1.29 is 17.7 Å². The third-order valence-electron chi connectivity index (χ3n) is 2.43. The fourth-order valence-electron chi connectivity index (χ4n) is 1.64. The molecule has 1 amide bonds. The summed E-state index contributed by atoms with van der Waals surface area (Å²) >= 11 is 0. The molecule has 1 saturated heterocycles. The van der Waals surface area contributed by atoms with Crippen molar-refractivity contribution in [1.82, 2.24) is 10.5 Å². The maximum absolute atomic E-state index is 11.6. The minimum atomic E-state index is -2.98. The van der Waals surface area contributed by atoms with E-state index in [9.17, 15) is 13.2 Å². The molecule has 0 radical (unpaired) electrons. The van der Waals surface area contributed by atoms with Crippen molar-refractivity contribution in [2.75, 3.05) is 11.5 Å². The molecule has 1 atom stereocenters. The molecule has 1 unspecified atom stereocenters. The molecule has 88 valence electrons. The second kappa shape index (κ2) is 3.89. The van der Waals surface area contributed by atoms with Crippen molar-refractivity contribution in [3.8, 4) is 0 Å². The SMILES string of the molecule is Cc1cc(C(=O)NC2CCS(=O)(=O)C2)no1. The molecule has 1 aliphatic rings. The summed E-state index contributed by atoms with van der Waals surface area (Å²) in [5.41, 5.74) is 0.182. The van der Waals surface area contributed by atoms with Gasteiger partial charge in [-0.1, -0.05) is 5.16 Å². The normalized spacial score (nSPS) is 23.2. The van der Waals surface area contributed by atoms with E-state index in [4.69, 9.17) is 4.52 Å². The third kappa shape index (κ3) is 2.41. The van der Waals surface area contributed by atoms with Gasteiger partial charge in [-0.25, -0.2) is 8.42 Å². The number of nitrogens with zero attached hydrogens (tertiary/aromatic N) is 1. The highest BCUT2D eigenvalue weighted by Gasteiger charge is 2.29. The van der Waals surface area contributed by atoms with Gasteiger partial charge in [0.05, 0.1) is 11.5 Å². The van der Waals surface area contributed by atoms with Crippen LogP contribution in [0, 0.1) is 6.92 Å². The van der Waals surface area contributed by atoms with Crippen LogP contribution in [0.5, 0.6) is 0 Å². The molecule has 6 nitrogen and oxygen atoms in total. The average Bonchev–Trinajstić information content (AvgIpc) is 2.73. The standard InChI is InChI=1S/C9H12N2O4S/c1-6-4-8(11-15-6)9(12)10-7-2-3-16(13,14)5-7/h4,7H,2-3,5H2,1H3,(H,10,12). The molecule has 1 aromatic rings. The summed E-state index contributed by atoms with van der Waals surface area (Å²) in [5, 5.41) is 6.18. The number of carbonyl (C=O) groups excluding carboxylic acids is 1. The first-order valence-corrected chi connectivity index (χ1v) is 6.73. The second-order valence-electron chi connectivity index (χ2n) is 3.90. The Labute approximate surface area is 92.9 Å². The van der Waals surface area contributed by atoms with Crippen molar-refractivity contribution in [3.05, 3.63) is 17.5 Å². The first-order chi connectivity index (χ1) is 7.46. The van der Waals surface area contributed by atoms with Crippen LogP contribution in [0.3, 0.4) is 0 Å². The van der Waals surface area contributed by atoms with Gasteiger partial charge in [-0.05, 0) is 13.3 Å². The van der Waals surface area contributed by atoms with Crippen LogP contribution in [0.1, 0.15) is 22.7 Å². The van der Waals surface area contributed by atoms with E-state index in [1.165, 1.54) is 6.07 Å². The Morgan fingerprint density at radius 1 is 1.62 bits per heavy atom. The van der Waals surface area contributed by atoms with Gasteiger partial charge >= 0.3 is 0 Å². The lowest BCUT2D eigenvalue weighted by Crippen LogP contribution is -2.35. The Hall–Kier alpha value is -1.37. The van der Waals surface area contributed by atoms with Crippen LogP contribution in [0.25, 0.3) is 0 Å². The largest absolute Gasteiger partial charge is 0.361 e. The molecule has 1 N–H and O–H groups in total. The number of sulfone groups is 1. The molecular formula is C9H12N2O4S. The summed E-state index contributed by atoms with van der Waals surface area (Å²) < 4.78 is 27.1. The molecule has 0 spiro atoms. The Bertz CT molecular complexity index is 505. The number of rotatable bonds is 2. The number of aryl methyl sites for hydroxylation is 1. The molecule has 1 fully saturated rings. The van der Waals surface area contributed by atoms with E-state index in [2.05, 4.69) is 10.5 Å². The van der Waals surface area contributed by atoms with E-state index in [0.717, 1.165) is 0 Å². The van der Waals surface area contributed by atoms with Crippen LogP contribution < -0.4 is 5.32 Å². The van der Waals surface area contributed by atoms with E-state index in [0.29, 0.717) is 12.2 Å². The fraction of sp³-hybridized carbons (Fsp3) is 0.556. The van der Waals surface area contributed by atoms with Gasteiger partial charge in [0.25, 0.3) is 5.91 Å². The predicted molar refractivity (Wildman–Crippen MR) is 55.8 cm³/mol. The van der Waals surface area contributed by atoms with Gasteiger partial charge in [-0.15, -0.1) is 0 Å². The second-order valence-corrected chi connectivity index (χ2v) is 6.12. The van der Waals surface area contributed by atoms with Crippen LogP contribution in [-0.2, 0) is 9.84 Å². The van der Waals surface area contributed by atoms with Crippen LogP contribution >= 0.6 is 0 Å². The zero-order valence-corrected chi connectivity index (χ0v) is 9.58. The summed E-state index contributed by atoms with van der Waals surface area (Å²) in [6, 6.07) is 1.20. The molecule has 0 bridgehead atoms. The predicted octanol–water partition coefficient (Wildman–Crippen LogP) is -0.100. The van der Waals surface area contributed by atoms with Gasteiger partial charge in [0.2, 0.25) is 0 Å². The topological polar surface area (TPSA) is 89.3 Å². The molecule has 1 aliphatic heterocycles. The van der Waals surface area contributed by atoms with Crippen molar-refractivity contribution in [3.63, 3.8) is 0 Å². The maximum Gasteiger partial charge on any atom is 0.273 e. The third-order valence-corrected chi connectivity index (χ3v) is 4.20. The average molecular weight is 244 g/mol. The summed E-state index contributed by atoms with van der Waals surface area (Å²) in [5.74, 6) is 0.300. The summed E-state index contributed by atoms with van der Waals surface area (Å²) in [7, 11) is -2.98. The van der Waals surface area contributed by atoms with Gasteiger partial charge in [-0.3, -0.25) is 4.79 Å². The highest BCUT2D eigenvalue weighted by atomic mass is 32.2. The van der Waals surface area contributed by atoms with Crippen molar-refractivity contribution >= 4 is 15.7 Å². The lowest BCUT2D eigenvalue weighted by Gasteiger charge is -2.08. The lowest BCUT2D eigenvalue weighted by atomic mass is 10.2. The first-order valence-electron chi connectivity index (χ1n) is 4.91. The smallest absolute Gasteiger partial charge is 0.273 e. The minimum absolute atomic E-state index is 0.00950. The lowest BCUT2D eigenvalue weighted by molar-refractivity contribution is 0.0932. The van der Waals surface area contributed by atoms with Gasteiger partial charge in [0.15, 0.2) is 15.5 Å². The zero-order chi connectivity index (χ0) is 11.8. The molecule has 1 aromatic heterocycles. The molecule has 7 heteroatoms. The van der Waals surface area contributed by atoms with E-state index >= 15 is 0 Å². The van der Waals surface area contributed by atoms with Crippen LogP contribution in [0.15, 0.2) is 10.6 Å². The number of nitrogens with one attached hydrogen (secondary N) is 1. The van der Waals surface area contributed by atoms with E-state index in [-0.39, 0.29) is 29.1 Å². The highest BCUT2D eigenvalue weighted by molar-refractivity contribution is 7.91. The molecule has 0 aromatic carbocycles. The Kier molecular flexibility index (Phi) is 2.71. The molecular weight excluding hydrogens is 232 g/mol. The molecule has 0 aliphatic carbocycles. The Balaban J connectivity index is 1.99. The van der Waals surface area contributed by atoms with Crippen LogP contribution in [0.2, 0.25) is 0 Å². The quantitative estimate of drug-likeness (QED) is 0.784. The van der Waals surface area contributed by atoms with Crippen molar-refractivity contribution in [2.45, 2.75) is 19.4 Å². The number of aromatic nitrogens is 1. The van der Waals surface area contributed by atoms with Crippen molar-refractivity contribution in [1.29, 1.82) is 0 Å². The van der Waals surface area contributed by atoms with Gasteiger partial charge in [0, 0.05) is 12.1 Å². The van der Waals surface area contributed by atoms with Crippen LogP contribution in [-0.4, -0.2) is 37.0 Å². The number of hydrogen-bond donors (Lipinski definition) is 1. The molecule has 16 heavy (non-hydrogen) atoms. The van der Waals surface area contributed by atoms with Gasteiger partial charge in [0.1, 0.15) is 5.76 Å². The minimum Gasteiger partial charge on any atom is -0.361 e. The fourth-order valence-corrected chi connectivity index (χ4v) is 3.31. The summed E-state index contributed by atoms with van der Waals surface area (Å²) in [6.07, 6.45) is 0.463. The maximum atomic E-state index is 11.6. The van der Waals surface area contributed by atoms with Crippen molar-refractivity contribution in [2.24, 2.45) is 0 Å². The summed E-state index contributed by atoms with van der Waals surface area (Å²) in [6.45, 7) is 1.68. The van der Waals surface area contributed by atoms with E-state index < -0.39 is 9.84 Å². The van der Waals surface area contributed by atoms with Gasteiger partial charge < -0.3 is 9.84 Å². The monoisotopic (exact) mass is 244 g/mol. The zero-order valence-electron chi connectivity index (χ0n) is 8.76. The Morgan fingerprint density at radius 3 is 2.88 bits per heavy atom.